The number of pyridine rings is 1. The van der Waals surface area contributed by atoms with Crippen molar-refractivity contribution >= 4 is 17.6 Å². The van der Waals surface area contributed by atoms with Crippen LogP contribution in [0.25, 0.3) is 0 Å². The van der Waals surface area contributed by atoms with Crippen LogP contribution in [0.15, 0.2) is 34.4 Å². The quantitative estimate of drug-likeness (QED) is 0.375. The van der Waals surface area contributed by atoms with Crippen molar-refractivity contribution in [2.45, 2.75) is 56.5 Å². The van der Waals surface area contributed by atoms with E-state index in [-0.39, 0.29) is 49.2 Å². The van der Waals surface area contributed by atoms with Crippen LogP contribution < -0.4 is 4.90 Å². The van der Waals surface area contributed by atoms with E-state index in [1.54, 1.807) is 4.90 Å². The maximum absolute atomic E-state index is 13.4. The summed E-state index contributed by atoms with van der Waals surface area (Å²) < 4.78 is 85.3. The van der Waals surface area contributed by atoms with E-state index in [1.807, 2.05) is 11.8 Å². The molecule has 0 aliphatic carbocycles. The lowest BCUT2D eigenvalue weighted by atomic mass is 9.87. The number of ether oxygens (including phenoxy) is 1. The number of rotatable bonds is 6. The van der Waals surface area contributed by atoms with Crippen LogP contribution in [0.3, 0.4) is 0 Å². The minimum Gasteiger partial charge on any atom is -0.379 e. The third kappa shape index (κ3) is 5.52. The summed E-state index contributed by atoms with van der Waals surface area (Å²) in [7, 11) is 0. The molecule has 218 valence electrons. The van der Waals surface area contributed by atoms with Crippen molar-refractivity contribution in [1.29, 1.82) is 0 Å². The number of carbonyl (C=O) groups excluding carboxylic acids is 2. The minimum atomic E-state index is -4.78. The number of nitrogens with zero attached hydrogens (tertiary/aromatic N) is 6. The molecule has 0 N–H and O–H groups in total. The van der Waals surface area contributed by atoms with Crippen LogP contribution in [0, 0.1) is 5.92 Å². The van der Waals surface area contributed by atoms with Gasteiger partial charge < -0.3 is 19.4 Å². The zero-order valence-corrected chi connectivity index (χ0v) is 21.6. The molecule has 1 unspecified atom stereocenters. The first-order valence-corrected chi connectivity index (χ1v) is 13.0. The fourth-order valence-electron chi connectivity index (χ4n) is 5.77. The normalized spacial score (nSPS) is 26.7. The monoisotopic (exact) mass is 574 g/mol. The fourth-order valence-corrected chi connectivity index (χ4v) is 5.77. The van der Waals surface area contributed by atoms with Crippen LogP contribution in [-0.4, -0.2) is 84.3 Å². The van der Waals surface area contributed by atoms with Gasteiger partial charge in [-0.15, -0.1) is 5.11 Å². The number of alkyl halides is 6. The van der Waals surface area contributed by atoms with E-state index < -0.39 is 29.7 Å². The van der Waals surface area contributed by atoms with E-state index in [0.717, 1.165) is 18.5 Å². The van der Waals surface area contributed by atoms with Gasteiger partial charge in [0, 0.05) is 38.4 Å². The van der Waals surface area contributed by atoms with Crippen molar-refractivity contribution < 1.29 is 40.7 Å². The Morgan fingerprint density at radius 1 is 1.12 bits per heavy atom. The topological polar surface area (TPSA) is 90.7 Å². The Kier molecular flexibility index (Phi) is 7.52. The molecule has 0 saturated carbocycles. The predicted molar refractivity (Wildman–Crippen MR) is 128 cm³/mol. The molecule has 15 heteroatoms. The number of piperazine rings is 1. The average Bonchev–Trinajstić information content (AvgIpc) is 2.86. The number of hydrogen-bond acceptors (Lipinski definition) is 7. The fraction of sp³-hybridized carbons (Fsp3) is 0.640. The van der Waals surface area contributed by atoms with Crippen LogP contribution in [0.4, 0.5) is 32.2 Å². The van der Waals surface area contributed by atoms with Gasteiger partial charge >= 0.3 is 12.4 Å². The van der Waals surface area contributed by atoms with Crippen molar-refractivity contribution in [2.75, 3.05) is 44.3 Å². The zero-order valence-electron chi connectivity index (χ0n) is 21.6. The summed E-state index contributed by atoms with van der Waals surface area (Å²) in [6.45, 7) is 3.60. The van der Waals surface area contributed by atoms with E-state index in [2.05, 4.69) is 15.2 Å². The third-order valence-electron chi connectivity index (χ3n) is 7.95. The number of anilines is 1. The SMILES string of the molecule is C[C@@H]1C[C@H]2CN(C(=O)CCOC[C@@H]3CCN3C3=CN=NC(=O)C3C(F)(F)F)CCN2c2ncc(C(F)(F)F)cc21. The van der Waals surface area contributed by atoms with Gasteiger partial charge in [0.25, 0.3) is 5.91 Å². The summed E-state index contributed by atoms with van der Waals surface area (Å²) in [5.41, 5.74) is -0.457. The minimum absolute atomic E-state index is 0.0703. The second kappa shape index (κ2) is 10.6. The molecular weight excluding hydrogens is 546 g/mol. The van der Waals surface area contributed by atoms with Crippen molar-refractivity contribution in [3.8, 4) is 0 Å². The average molecular weight is 575 g/mol. The maximum atomic E-state index is 13.4. The van der Waals surface area contributed by atoms with Crippen molar-refractivity contribution in [1.82, 2.24) is 14.8 Å². The van der Waals surface area contributed by atoms with E-state index in [0.29, 0.717) is 50.4 Å². The Morgan fingerprint density at radius 3 is 2.58 bits per heavy atom. The van der Waals surface area contributed by atoms with Crippen LogP contribution in [0.1, 0.15) is 43.2 Å². The van der Waals surface area contributed by atoms with Gasteiger partial charge in [0.15, 0.2) is 5.92 Å². The first-order valence-electron chi connectivity index (χ1n) is 13.0. The molecule has 0 radical (unpaired) electrons. The number of halogens is 6. The van der Waals surface area contributed by atoms with E-state index >= 15 is 0 Å². The van der Waals surface area contributed by atoms with E-state index in [4.69, 9.17) is 4.74 Å². The van der Waals surface area contributed by atoms with Gasteiger partial charge in [0.05, 0.1) is 43.1 Å². The van der Waals surface area contributed by atoms with Crippen molar-refractivity contribution in [3.05, 3.63) is 35.3 Å². The molecule has 9 nitrogen and oxygen atoms in total. The van der Waals surface area contributed by atoms with E-state index in [1.165, 1.54) is 4.90 Å². The molecule has 5 heterocycles. The van der Waals surface area contributed by atoms with Crippen LogP contribution >= 0.6 is 0 Å². The molecule has 5 rings (SSSR count). The number of fused-ring (bicyclic) bond motifs is 3. The van der Waals surface area contributed by atoms with E-state index in [9.17, 15) is 35.9 Å². The largest absolute Gasteiger partial charge is 0.417 e. The summed E-state index contributed by atoms with van der Waals surface area (Å²) in [5.74, 6) is -3.45. The summed E-state index contributed by atoms with van der Waals surface area (Å²) in [6, 6.07) is 0.723. The van der Waals surface area contributed by atoms with Crippen LogP contribution in [-0.2, 0) is 20.5 Å². The molecule has 4 aliphatic heterocycles. The van der Waals surface area contributed by atoms with Crippen molar-refractivity contribution in [3.63, 3.8) is 0 Å². The number of aromatic nitrogens is 1. The third-order valence-corrected chi connectivity index (χ3v) is 7.95. The Balaban J connectivity index is 1.11. The molecular formula is C25H28F6N6O3. The first-order chi connectivity index (χ1) is 18.8. The molecule has 0 spiro atoms. The number of azo groups is 1. The van der Waals surface area contributed by atoms with Gasteiger partial charge in [-0.1, -0.05) is 6.92 Å². The summed E-state index contributed by atoms with van der Waals surface area (Å²) in [4.78, 5) is 33.9. The van der Waals surface area contributed by atoms with Gasteiger partial charge in [0.2, 0.25) is 5.91 Å². The summed E-state index contributed by atoms with van der Waals surface area (Å²) in [5, 5.41) is 6.43. The number of likely N-dealkylation sites (tertiary alicyclic amines) is 1. The molecule has 0 bridgehead atoms. The Labute approximate surface area is 225 Å². The molecule has 4 atom stereocenters. The lowest BCUT2D eigenvalue weighted by molar-refractivity contribution is -0.179. The van der Waals surface area contributed by atoms with Crippen LogP contribution in [0.5, 0.6) is 0 Å². The molecule has 4 aliphatic rings. The predicted octanol–water partition coefficient (Wildman–Crippen LogP) is 4.12. The molecule has 2 saturated heterocycles. The number of hydrogen-bond donors (Lipinski definition) is 0. The summed E-state index contributed by atoms with van der Waals surface area (Å²) in [6.07, 6.45) is -6.19. The van der Waals surface area contributed by atoms with Gasteiger partial charge in [-0.05, 0) is 30.4 Å². The maximum Gasteiger partial charge on any atom is 0.417 e. The van der Waals surface area contributed by atoms with Gasteiger partial charge in [-0.25, -0.2) is 4.98 Å². The van der Waals surface area contributed by atoms with Gasteiger partial charge in [0.1, 0.15) is 5.82 Å². The highest BCUT2D eigenvalue weighted by Gasteiger charge is 2.52. The number of amides is 2. The lowest BCUT2D eigenvalue weighted by Crippen LogP contribution is -2.57. The molecule has 0 aromatic carbocycles. The molecule has 1 aromatic rings. The van der Waals surface area contributed by atoms with Gasteiger partial charge in [-0.2, -0.15) is 31.5 Å². The zero-order chi connectivity index (χ0) is 28.8. The smallest absolute Gasteiger partial charge is 0.379 e. The highest BCUT2D eigenvalue weighted by molar-refractivity contribution is 5.83. The molecule has 2 amide bonds. The van der Waals surface area contributed by atoms with Crippen molar-refractivity contribution in [2.24, 2.45) is 16.1 Å². The molecule has 2 fully saturated rings. The highest BCUT2D eigenvalue weighted by atomic mass is 19.4. The lowest BCUT2D eigenvalue weighted by Gasteiger charge is -2.47. The van der Waals surface area contributed by atoms with Gasteiger partial charge in [-0.3, -0.25) is 9.59 Å². The summed E-state index contributed by atoms with van der Waals surface area (Å²) >= 11 is 0. The second-order valence-electron chi connectivity index (χ2n) is 10.5. The van der Waals surface area contributed by atoms with Crippen LogP contribution in [0.2, 0.25) is 0 Å². The molecule has 1 aromatic heterocycles. The Bertz CT molecular complexity index is 1220. The first kappa shape index (κ1) is 28.3. The highest BCUT2D eigenvalue weighted by Crippen LogP contribution is 2.42. The Morgan fingerprint density at radius 2 is 1.90 bits per heavy atom. The standard InChI is InChI=1S/C25H28F6N6O3/c1-14-8-17-12-35(5-6-37(17)22-18(14)9-15(10-32-22)24(26,27)28)20(38)3-7-40-13-16-2-4-36(16)19-11-33-34-23(39)21(19)25(29,30)31/h9-11,14,16-17,21H,2-8,12-13H2,1H3/t14-,16+,17+,21?/m1/s1. The molecule has 40 heavy (non-hydrogen) atoms. The Hall–Kier alpha value is -3.23. The number of carbonyl (C=O) groups is 2. The second-order valence-corrected chi connectivity index (χ2v) is 10.5.